The zero-order chi connectivity index (χ0) is 14.6. The highest BCUT2D eigenvalue weighted by atomic mass is 16.5. The first kappa shape index (κ1) is 14.5. The number of nitrogens with two attached hydrogens (primary N) is 2. The Morgan fingerprint density at radius 1 is 1.32 bits per heavy atom. The van der Waals surface area contributed by atoms with Crippen LogP contribution in [0.3, 0.4) is 0 Å². The van der Waals surface area contributed by atoms with Crippen LogP contribution in [0.2, 0.25) is 0 Å². The number of hydrogen-bond acceptors (Lipinski definition) is 5. The summed E-state index contributed by atoms with van der Waals surface area (Å²) in [5.41, 5.74) is 11.7. The fraction of sp³-hybridized carbons (Fsp3) is 0.250. The lowest BCUT2D eigenvalue weighted by Gasteiger charge is -2.13. The highest BCUT2D eigenvalue weighted by molar-refractivity contribution is 5.99. The molecule has 102 valence electrons. The molecule has 1 aromatic rings. The maximum atomic E-state index is 11.8. The van der Waals surface area contributed by atoms with E-state index in [0.717, 1.165) is 5.56 Å². The number of benzene rings is 1. The molecule has 0 fully saturated rings. The van der Waals surface area contributed by atoms with Crippen molar-refractivity contribution >= 4 is 23.6 Å². The van der Waals surface area contributed by atoms with Crippen LogP contribution in [0.5, 0.6) is 0 Å². The SMILES string of the molecule is Cc1ccc(N)c(C(=O)OC(C)C(=O)NC(N)=O)c1. The molecule has 0 saturated heterocycles. The largest absolute Gasteiger partial charge is 0.449 e. The Morgan fingerprint density at radius 3 is 2.53 bits per heavy atom. The van der Waals surface area contributed by atoms with Crippen LogP contribution in [0.4, 0.5) is 10.5 Å². The molecule has 0 radical (unpaired) electrons. The summed E-state index contributed by atoms with van der Waals surface area (Å²) >= 11 is 0. The van der Waals surface area contributed by atoms with Crippen molar-refractivity contribution in [2.75, 3.05) is 5.73 Å². The van der Waals surface area contributed by atoms with Crippen LogP contribution in [0.1, 0.15) is 22.8 Å². The van der Waals surface area contributed by atoms with Crippen LogP contribution >= 0.6 is 0 Å². The second-order valence-corrected chi connectivity index (χ2v) is 3.99. The highest BCUT2D eigenvalue weighted by Crippen LogP contribution is 2.15. The van der Waals surface area contributed by atoms with Gasteiger partial charge in [0, 0.05) is 5.69 Å². The third-order valence-electron chi connectivity index (χ3n) is 2.33. The quantitative estimate of drug-likeness (QED) is 0.536. The summed E-state index contributed by atoms with van der Waals surface area (Å²) in [6.45, 7) is 3.11. The Labute approximate surface area is 109 Å². The van der Waals surface area contributed by atoms with Crippen molar-refractivity contribution in [3.8, 4) is 0 Å². The Hall–Kier alpha value is -2.57. The summed E-state index contributed by atoms with van der Waals surface area (Å²) in [5.74, 6) is -1.54. The zero-order valence-electron chi connectivity index (χ0n) is 10.6. The van der Waals surface area contributed by atoms with Gasteiger partial charge in [0.2, 0.25) is 0 Å². The van der Waals surface area contributed by atoms with Gasteiger partial charge in [0.25, 0.3) is 5.91 Å². The van der Waals surface area contributed by atoms with Crippen molar-refractivity contribution in [3.63, 3.8) is 0 Å². The molecule has 7 nitrogen and oxygen atoms in total. The van der Waals surface area contributed by atoms with E-state index in [1.54, 1.807) is 25.1 Å². The second-order valence-electron chi connectivity index (χ2n) is 3.99. The van der Waals surface area contributed by atoms with Crippen molar-refractivity contribution in [2.45, 2.75) is 20.0 Å². The first-order valence-corrected chi connectivity index (χ1v) is 5.48. The smallest absolute Gasteiger partial charge is 0.341 e. The lowest BCUT2D eigenvalue weighted by atomic mass is 10.1. The number of primary amides is 1. The van der Waals surface area contributed by atoms with Gasteiger partial charge in [-0.1, -0.05) is 11.6 Å². The van der Waals surface area contributed by atoms with Crippen molar-refractivity contribution < 1.29 is 19.1 Å². The number of imide groups is 1. The molecule has 0 aliphatic rings. The average Bonchev–Trinajstić information content (AvgIpc) is 2.31. The summed E-state index contributed by atoms with van der Waals surface area (Å²) < 4.78 is 4.90. The van der Waals surface area contributed by atoms with Gasteiger partial charge in [0.15, 0.2) is 6.10 Å². The number of aryl methyl sites for hydroxylation is 1. The standard InChI is InChI=1S/C12H15N3O4/c1-6-3-4-9(13)8(5-6)11(17)19-7(2)10(16)15-12(14)18/h3-5,7H,13H2,1-2H3,(H3,14,15,16,18). The van der Waals surface area contributed by atoms with Gasteiger partial charge < -0.3 is 16.2 Å². The molecule has 0 saturated carbocycles. The maximum Gasteiger partial charge on any atom is 0.341 e. The monoisotopic (exact) mass is 265 g/mol. The number of anilines is 1. The van der Waals surface area contributed by atoms with Gasteiger partial charge in [-0.15, -0.1) is 0 Å². The van der Waals surface area contributed by atoms with Gasteiger partial charge in [0.1, 0.15) is 0 Å². The maximum absolute atomic E-state index is 11.8. The molecule has 1 unspecified atom stereocenters. The predicted octanol–water partition coefficient (Wildman–Crippen LogP) is 0.317. The van der Waals surface area contributed by atoms with Gasteiger partial charge in [-0.25, -0.2) is 9.59 Å². The van der Waals surface area contributed by atoms with Gasteiger partial charge in [-0.3, -0.25) is 10.1 Å². The highest BCUT2D eigenvalue weighted by Gasteiger charge is 2.21. The van der Waals surface area contributed by atoms with Crippen molar-refractivity contribution in [2.24, 2.45) is 5.73 Å². The number of nitrogen functional groups attached to an aromatic ring is 1. The minimum Gasteiger partial charge on any atom is -0.449 e. The first-order chi connectivity index (χ1) is 8.81. The Morgan fingerprint density at radius 2 is 1.95 bits per heavy atom. The Kier molecular flexibility index (Phi) is 4.46. The number of rotatable bonds is 3. The van der Waals surface area contributed by atoms with Crippen molar-refractivity contribution in [1.29, 1.82) is 0 Å². The fourth-order valence-electron chi connectivity index (χ4n) is 1.35. The van der Waals surface area contributed by atoms with Crippen LogP contribution in [-0.4, -0.2) is 24.0 Å². The summed E-state index contributed by atoms with van der Waals surface area (Å²) in [6.07, 6.45) is -1.15. The first-order valence-electron chi connectivity index (χ1n) is 5.48. The molecule has 19 heavy (non-hydrogen) atoms. The Balaban J connectivity index is 2.77. The van der Waals surface area contributed by atoms with E-state index in [1.807, 2.05) is 5.32 Å². The summed E-state index contributed by atoms with van der Waals surface area (Å²) in [4.78, 5) is 33.7. The third-order valence-corrected chi connectivity index (χ3v) is 2.33. The Bertz CT molecular complexity index is 528. The van der Waals surface area contributed by atoms with E-state index < -0.39 is 24.0 Å². The molecule has 7 heteroatoms. The molecule has 3 amide bonds. The van der Waals surface area contributed by atoms with E-state index in [1.165, 1.54) is 6.92 Å². The van der Waals surface area contributed by atoms with Crippen LogP contribution in [0, 0.1) is 6.92 Å². The van der Waals surface area contributed by atoms with E-state index in [2.05, 4.69) is 0 Å². The minimum atomic E-state index is -1.15. The second kappa shape index (κ2) is 5.85. The van der Waals surface area contributed by atoms with E-state index in [9.17, 15) is 14.4 Å². The van der Waals surface area contributed by atoms with Gasteiger partial charge in [-0.2, -0.15) is 0 Å². The third kappa shape index (κ3) is 3.98. The number of esters is 1. The molecule has 1 rings (SSSR count). The molecule has 0 spiro atoms. The molecule has 0 heterocycles. The van der Waals surface area contributed by atoms with Gasteiger partial charge in [0.05, 0.1) is 5.56 Å². The van der Waals surface area contributed by atoms with Crippen LogP contribution in [0.25, 0.3) is 0 Å². The number of amides is 3. The van der Waals surface area contributed by atoms with Gasteiger partial charge in [-0.05, 0) is 26.0 Å². The lowest BCUT2D eigenvalue weighted by Crippen LogP contribution is -2.42. The number of hydrogen-bond donors (Lipinski definition) is 3. The van der Waals surface area contributed by atoms with Crippen LogP contribution < -0.4 is 16.8 Å². The van der Waals surface area contributed by atoms with Crippen LogP contribution in [0.15, 0.2) is 18.2 Å². The summed E-state index contributed by atoms with van der Waals surface area (Å²) in [5, 5.41) is 1.82. The number of urea groups is 1. The summed E-state index contributed by atoms with van der Waals surface area (Å²) in [7, 11) is 0. The number of carbonyl (C=O) groups excluding carboxylic acids is 3. The van der Waals surface area contributed by atoms with E-state index in [-0.39, 0.29) is 11.3 Å². The summed E-state index contributed by atoms with van der Waals surface area (Å²) in [6, 6.07) is 3.86. The van der Waals surface area contributed by atoms with Crippen molar-refractivity contribution in [1.82, 2.24) is 5.32 Å². The molecular formula is C12H15N3O4. The molecule has 1 atom stereocenters. The molecule has 0 bridgehead atoms. The lowest BCUT2D eigenvalue weighted by molar-refractivity contribution is -0.127. The fourth-order valence-corrected chi connectivity index (χ4v) is 1.35. The number of ether oxygens (including phenoxy) is 1. The predicted molar refractivity (Wildman–Crippen MR) is 68.2 cm³/mol. The minimum absolute atomic E-state index is 0.165. The molecule has 1 aromatic carbocycles. The topological polar surface area (TPSA) is 125 Å². The number of nitrogens with one attached hydrogen (secondary N) is 1. The molecule has 0 aliphatic carbocycles. The molecule has 0 aliphatic heterocycles. The van der Waals surface area contributed by atoms with E-state index in [4.69, 9.17) is 16.2 Å². The average molecular weight is 265 g/mol. The van der Waals surface area contributed by atoms with E-state index >= 15 is 0 Å². The molecular weight excluding hydrogens is 250 g/mol. The van der Waals surface area contributed by atoms with Crippen molar-refractivity contribution in [3.05, 3.63) is 29.3 Å². The molecule has 5 N–H and O–H groups in total. The zero-order valence-corrected chi connectivity index (χ0v) is 10.6. The van der Waals surface area contributed by atoms with E-state index in [0.29, 0.717) is 0 Å². The normalized spacial score (nSPS) is 11.5. The number of carbonyl (C=O) groups is 3. The molecule has 0 aromatic heterocycles. The van der Waals surface area contributed by atoms with Gasteiger partial charge >= 0.3 is 12.0 Å². The van der Waals surface area contributed by atoms with Crippen LogP contribution in [-0.2, 0) is 9.53 Å².